The highest BCUT2D eigenvalue weighted by Crippen LogP contribution is 3.02. The minimum absolute atomic E-state index is 0.0832. The summed E-state index contributed by atoms with van der Waals surface area (Å²) in [5, 5.41) is 3.01. The molecule has 17 heteroatoms. The van der Waals surface area contributed by atoms with Gasteiger partial charge in [0, 0.05) is 41.8 Å². The summed E-state index contributed by atoms with van der Waals surface area (Å²) in [6.45, 7) is 1.14. The van der Waals surface area contributed by atoms with E-state index in [0.717, 1.165) is 11.5 Å². The van der Waals surface area contributed by atoms with E-state index in [2.05, 4.69) is 5.32 Å². The molecule has 41 heavy (non-hydrogen) atoms. The minimum Gasteiger partial charge on any atom is -0.493 e. The minimum atomic E-state index is -10.5. The number of nitrogens with one attached hydrogen (secondary N) is 1. The summed E-state index contributed by atoms with van der Waals surface area (Å²) >= 11 is 0. The van der Waals surface area contributed by atoms with Crippen LogP contribution in [0.25, 0.3) is 10.8 Å². The van der Waals surface area contributed by atoms with Gasteiger partial charge < -0.3 is 25.3 Å². The molecule has 0 saturated heterocycles. The molecule has 0 aliphatic heterocycles. The second-order valence-corrected chi connectivity index (χ2v) is 11.2. The number of carbonyl (C=O) groups is 3. The SMILES string of the molecule is CCOc1cc2cn(CC(=O)c3cc(N(CC)C(=O)C(F)(F)F)cc(S(F)(F)(F)(F)F)c3)c(N)c2cc1C(=O)NC. The second-order valence-electron chi connectivity index (χ2n) is 8.74. The number of Topliss-reactive ketones (excluding diaryl/α,β-unsaturated/α-hetero) is 1. The number of hydrogen-bond acceptors (Lipinski definition) is 5. The zero-order valence-electron chi connectivity index (χ0n) is 21.6. The Morgan fingerprint density at radius 3 is 2.17 bits per heavy atom. The standard InChI is InChI=1S/C24H24F8N4O4S/c1-4-36(23(39)24(25,26)27)15-6-13(7-16(9-15)41(28,29,30,31)32)19(37)12-35-11-14-8-20(40-5-2)18(22(38)34-3)10-17(14)21(35)33/h6-11H,4-5,12,33H2,1-3H3,(H,34,38). The summed E-state index contributed by atoms with van der Waals surface area (Å²) in [4.78, 5) is 34.3. The summed E-state index contributed by atoms with van der Waals surface area (Å²) in [6.07, 6.45) is -4.25. The Kier molecular flexibility index (Phi) is 7.54. The Hall–Kier alpha value is -4.02. The Bertz CT molecular complexity index is 1550. The van der Waals surface area contributed by atoms with Gasteiger partial charge in [-0.1, -0.05) is 19.4 Å². The molecule has 0 unspecified atom stereocenters. The van der Waals surface area contributed by atoms with Crippen molar-refractivity contribution in [2.24, 2.45) is 0 Å². The highest BCUT2D eigenvalue weighted by molar-refractivity contribution is 8.45. The molecule has 0 spiro atoms. The van der Waals surface area contributed by atoms with Crippen LogP contribution in [-0.2, 0) is 11.3 Å². The Labute approximate surface area is 227 Å². The first-order valence-corrected chi connectivity index (χ1v) is 13.6. The average Bonchev–Trinajstić information content (AvgIpc) is 3.15. The maximum Gasteiger partial charge on any atom is 0.471 e. The van der Waals surface area contributed by atoms with Gasteiger partial charge in [-0.15, -0.1) is 0 Å². The quantitative estimate of drug-likeness (QED) is 0.213. The van der Waals surface area contributed by atoms with Crippen LogP contribution < -0.4 is 20.7 Å². The van der Waals surface area contributed by atoms with Gasteiger partial charge in [0.2, 0.25) is 0 Å². The molecule has 0 saturated carbocycles. The Morgan fingerprint density at radius 2 is 1.66 bits per heavy atom. The molecule has 0 fully saturated rings. The molecule has 3 N–H and O–H groups in total. The molecule has 3 aromatic rings. The lowest BCUT2D eigenvalue weighted by atomic mass is 10.1. The number of rotatable bonds is 9. The number of hydrogen-bond donors (Lipinski definition) is 2. The lowest BCUT2D eigenvalue weighted by molar-refractivity contribution is -0.170. The van der Waals surface area contributed by atoms with E-state index in [1.54, 1.807) is 6.92 Å². The van der Waals surface area contributed by atoms with E-state index in [9.17, 15) is 47.0 Å². The third-order valence-corrected chi connectivity index (χ3v) is 7.02. The molecule has 2 aromatic carbocycles. The fourth-order valence-corrected chi connectivity index (χ4v) is 4.69. The molecule has 3 rings (SSSR count). The van der Waals surface area contributed by atoms with Crippen LogP contribution in [0.4, 0.5) is 44.1 Å². The van der Waals surface area contributed by atoms with Gasteiger partial charge in [0.25, 0.3) is 5.91 Å². The highest BCUT2D eigenvalue weighted by atomic mass is 32.5. The number of alkyl halides is 3. The number of aromatic nitrogens is 1. The van der Waals surface area contributed by atoms with Crippen molar-refractivity contribution in [2.75, 3.05) is 30.8 Å². The van der Waals surface area contributed by atoms with Crippen LogP contribution in [0.3, 0.4) is 0 Å². The number of fused-ring (bicyclic) bond motifs is 1. The largest absolute Gasteiger partial charge is 0.493 e. The van der Waals surface area contributed by atoms with Crippen molar-refractivity contribution < 1.29 is 51.7 Å². The van der Waals surface area contributed by atoms with Crippen molar-refractivity contribution in [1.29, 1.82) is 0 Å². The molecular formula is C24H24F8N4O4S. The van der Waals surface area contributed by atoms with Crippen LogP contribution in [0.15, 0.2) is 41.4 Å². The van der Waals surface area contributed by atoms with Gasteiger partial charge in [-0.05, 0) is 44.2 Å². The first kappa shape index (κ1) is 31.5. The highest BCUT2D eigenvalue weighted by Gasteiger charge is 2.65. The number of ketones is 1. The van der Waals surface area contributed by atoms with Gasteiger partial charge >= 0.3 is 22.3 Å². The molecular weight excluding hydrogens is 592 g/mol. The summed E-state index contributed by atoms with van der Waals surface area (Å²) in [5.41, 5.74) is 3.93. The zero-order chi connectivity index (χ0) is 31.2. The normalized spacial score (nSPS) is 13.8. The number of amides is 2. The predicted octanol–water partition coefficient (Wildman–Crippen LogP) is 6.44. The van der Waals surface area contributed by atoms with Crippen molar-refractivity contribution >= 4 is 50.1 Å². The monoisotopic (exact) mass is 616 g/mol. The van der Waals surface area contributed by atoms with Crippen LogP contribution >= 0.6 is 10.2 Å². The average molecular weight is 617 g/mol. The summed E-state index contributed by atoms with van der Waals surface area (Å²) in [5.74, 6) is -4.37. The molecule has 2 amide bonds. The molecule has 226 valence electrons. The van der Waals surface area contributed by atoms with E-state index in [1.165, 1.54) is 25.4 Å². The van der Waals surface area contributed by atoms with Crippen molar-refractivity contribution in [1.82, 2.24) is 9.88 Å². The van der Waals surface area contributed by atoms with Crippen LogP contribution in [-0.4, -0.2) is 48.5 Å². The van der Waals surface area contributed by atoms with Gasteiger partial charge in [0.05, 0.1) is 18.7 Å². The summed E-state index contributed by atoms with van der Waals surface area (Å²) < 4.78 is 114. The van der Waals surface area contributed by atoms with E-state index in [0.29, 0.717) is 11.5 Å². The third-order valence-electron chi connectivity index (χ3n) is 5.89. The molecule has 0 aliphatic rings. The van der Waals surface area contributed by atoms with E-state index >= 15 is 0 Å². The Morgan fingerprint density at radius 1 is 1.02 bits per heavy atom. The number of ether oxygens (including phenoxy) is 1. The molecule has 1 heterocycles. The van der Waals surface area contributed by atoms with Gasteiger partial charge in [0.15, 0.2) is 5.78 Å². The van der Waals surface area contributed by atoms with Crippen molar-refractivity contribution in [3.05, 3.63) is 47.7 Å². The van der Waals surface area contributed by atoms with Crippen LogP contribution in [0, 0.1) is 0 Å². The van der Waals surface area contributed by atoms with Gasteiger partial charge in [-0.3, -0.25) is 14.4 Å². The fraction of sp³-hybridized carbons (Fsp3) is 0.292. The number of nitrogens with two attached hydrogens (primary N) is 1. The van der Waals surface area contributed by atoms with Gasteiger partial charge in [-0.2, -0.15) is 13.2 Å². The first-order valence-electron chi connectivity index (χ1n) is 11.7. The number of halogens is 8. The van der Waals surface area contributed by atoms with Crippen LogP contribution in [0.2, 0.25) is 0 Å². The van der Waals surface area contributed by atoms with Crippen molar-refractivity contribution in [3.63, 3.8) is 0 Å². The molecule has 0 atom stereocenters. The lowest BCUT2D eigenvalue weighted by Crippen LogP contribution is -2.41. The van der Waals surface area contributed by atoms with Crippen LogP contribution in [0.5, 0.6) is 5.75 Å². The van der Waals surface area contributed by atoms with Crippen molar-refractivity contribution in [3.8, 4) is 5.75 Å². The number of carbonyl (C=O) groups excluding carboxylic acids is 3. The molecule has 0 aliphatic carbocycles. The third kappa shape index (κ3) is 6.66. The second kappa shape index (κ2) is 9.81. The summed E-state index contributed by atoms with van der Waals surface area (Å²) in [6, 6.07) is 2.77. The Balaban J connectivity index is 2.15. The van der Waals surface area contributed by atoms with Gasteiger partial charge in [-0.25, -0.2) is 0 Å². The maximum atomic E-state index is 13.7. The van der Waals surface area contributed by atoms with E-state index in [4.69, 9.17) is 10.5 Å². The topological polar surface area (TPSA) is 107 Å². The van der Waals surface area contributed by atoms with Gasteiger partial charge in [0.1, 0.15) is 16.5 Å². The van der Waals surface area contributed by atoms with E-state index in [1.807, 2.05) is 0 Å². The maximum absolute atomic E-state index is 13.7. The molecule has 1 aromatic heterocycles. The summed E-state index contributed by atoms with van der Waals surface area (Å²) in [7, 11) is -9.17. The molecule has 8 nitrogen and oxygen atoms in total. The number of nitrogens with zero attached hydrogens (tertiary/aromatic N) is 2. The molecule has 0 radical (unpaired) electrons. The van der Waals surface area contributed by atoms with E-state index < -0.39 is 63.2 Å². The van der Waals surface area contributed by atoms with E-state index in [-0.39, 0.29) is 46.2 Å². The zero-order valence-corrected chi connectivity index (χ0v) is 22.4. The number of anilines is 2. The lowest BCUT2D eigenvalue weighted by Gasteiger charge is -2.41. The fourth-order valence-electron chi connectivity index (χ4n) is 4.00. The molecule has 0 bridgehead atoms. The van der Waals surface area contributed by atoms with Crippen LogP contribution in [0.1, 0.15) is 34.6 Å². The predicted molar refractivity (Wildman–Crippen MR) is 137 cm³/mol. The first-order chi connectivity index (χ1) is 18.6. The smallest absolute Gasteiger partial charge is 0.471 e. The number of benzene rings is 2. The number of nitrogen functional groups attached to an aromatic ring is 1. The van der Waals surface area contributed by atoms with Crippen molar-refractivity contribution in [2.45, 2.75) is 31.5 Å².